The molecule has 25 heavy (non-hydrogen) atoms. The number of methoxy groups -OCH3 is 1. The molecule has 0 aromatic heterocycles. The minimum atomic E-state index is -1.43. The van der Waals surface area contributed by atoms with Crippen LogP contribution in [0.15, 0.2) is 17.7 Å². The second kappa shape index (κ2) is 6.86. The van der Waals surface area contributed by atoms with Crippen molar-refractivity contribution in [1.82, 2.24) is 0 Å². The Bertz CT molecular complexity index is 747. The number of fused-ring (bicyclic) bond motifs is 1. The van der Waals surface area contributed by atoms with Gasteiger partial charge >= 0.3 is 170 Å². The number of nitrogens with zero attached hydrogens (tertiary/aromatic N) is 1. The van der Waals surface area contributed by atoms with Gasteiger partial charge in [-0.2, -0.15) is 0 Å². The first-order valence-corrected chi connectivity index (χ1v) is 13.8. The van der Waals surface area contributed by atoms with E-state index in [-0.39, 0.29) is 19.6 Å². The molecular formula is C18H23I2NO4. The summed E-state index contributed by atoms with van der Waals surface area (Å²) in [4.78, 5) is 10.8. The van der Waals surface area contributed by atoms with Crippen molar-refractivity contribution in [2.45, 2.75) is 37.2 Å². The number of non-ortho nitro benzene ring substituents is 1. The zero-order valence-corrected chi connectivity index (χ0v) is 19.2. The van der Waals surface area contributed by atoms with Crippen LogP contribution in [0.4, 0.5) is 5.69 Å². The first kappa shape index (κ1) is 19.2. The number of hydrogen-bond acceptors (Lipinski definition) is 4. The van der Waals surface area contributed by atoms with E-state index < -0.39 is 19.8 Å². The minimum absolute atomic E-state index is 0.0337. The number of alkyl halides is 4. The van der Waals surface area contributed by atoms with Crippen molar-refractivity contribution >= 4 is 54.2 Å². The molecule has 1 aromatic rings. The van der Waals surface area contributed by atoms with E-state index in [4.69, 9.17) is 9.47 Å². The van der Waals surface area contributed by atoms with Crippen molar-refractivity contribution in [2.75, 3.05) is 14.0 Å². The molecule has 0 amide bonds. The van der Waals surface area contributed by atoms with Gasteiger partial charge in [0.05, 0.1) is 0 Å². The maximum absolute atomic E-state index is 11.2. The molecule has 0 bridgehead atoms. The van der Waals surface area contributed by atoms with Crippen LogP contribution in [0.1, 0.15) is 39.2 Å². The molecule has 1 spiro atoms. The molecular weight excluding hydrogens is 548 g/mol. The summed E-state index contributed by atoms with van der Waals surface area (Å²) >= 11 is 1.09. The van der Waals surface area contributed by atoms with Gasteiger partial charge in [0, 0.05) is 0 Å². The van der Waals surface area contributed by atoms with Crippen molar-refractivity contribution in [2.24, 2.45) is 5.41 Å². The Morgan fingerprint density at radius 1 is 1.44 bits per heavy atom. The third-order valence-corrected chi connectivity index (χ3v) is 17.3. The van der Waals surface area contributed by atoms with Crippen molar-refractivity contribution in [3.05, 3.63) is 33.4 Å². The fourth-order valence-corrected chi connectivity index (χ4v) is 15.7. The average molecular weight is 571 g/mol. The Morgan fingerprint density at radius 3 is 2.76 bits per heavy atom. The van der Waals surface area contributed by atoms with E-state index in [1.54, 1.807) is 13.2 Å². The van der Waals surface area contributed by atoms with Crippen LogP contribution in [0.5, 0.6) is 11.5 Å². The predicted molar refractivity (Wildman–Crippen MR) is 117 cm³/mol. The Balaban J connectivity index is 2.21. The third-order valence-electron chi connectivity index (χ3n) is 5.15. The van der Waals surface area contributed by atoms with E-state index in [2.05, 4.69) is 49.4 Å². The van der Waals surface area contributed by atoms with Crippen LogP contribution in [0.3, 0.4) is 0 Å². The molecule has 7 heteroatoms. The Labute approximate surface area is 169 Å². The maximum atomic E-state index is 11.2. The van der Waals surface area contributed by atoms with E-state index in [9.17, 15) is 10.1 Å². The first-order valence-electron chi connectivity index (χ1n) is 8.19. The van der Waals surface area contributed by atoms with Crippen molar-refractivity contribution < 1.29 is 14.4 Å². The summed E-state index contributed by atoms with van der Waals surface area (Å²) in [7, 11) is 1.54. The summed E-state index contributed by atoms with van der Waals surface area (Å²) in [5, 5.41) is 11.2. The van der Waals surface area contributed by atoms with E-state index in [1.165, 1.54) is 24.9 Å². The summed E-state index contributed by atoms with van der Waals surface area (Å²) in [6.45, 7) is 6.75. The average Bonchev–Trinajstić information content (AvgIpc) is 2.56. The summed E-state index contributed by atoms with van der Waals surface area (Å²) in [6, 6.07) is 3.06. The zero-order valence-electron chi connectivity index (χ0n) is 14.9. The van der Waals surface area contributed by atoms with Crippen LogP contribution < -0.4 is 9.47 Å². The number of nitro groups is 1. The quantitative estimate of drug-likeness (QED) is 0.199. The molecule has 0 saturated carbocycles. The SMILES string of the molecule is COc1cc([N+](=O)[O-])cc2c1OC1(C(C)=C2)I(CI)CCCC1(C)C. The summed E-state index contributed by atoms with van der Waals surface area (Å²) in [5.41, 5.74) is 2.05. The summed E-state index contributed by atoms with van der Waals surface area (Å²) in [5.74, 6) is 1.12. The molecule has 0 aliphatic carbocycles. The predicted octanol–water partition coefficient (Wildman–Crippen LogP) is 5.81. The monoisotopic (exact) mass is 571 g/mol. The number of nitro benzene ring substituents is 1. The number of hydrogen-bond donors (Lipinski definition) is 0. The van der Waals surface area contributed by atoms with Gasteiger partial charge in [0.2, 0.25) is 0 Å². The molecule has 0 radical (unpaired) electrons. The zero-order chi connectivity index (χ0) is 18.4. The molecule has 1 aromatic carbocycles. The van der Waals surface area contributed by atoms with Gasteiger partial charge < -0.3 is 0 Å². The second-order valence-electron chi connectivity index (χ2n) is 7.08. The molecule has 0 N–H and O–H groups in total. The fourth-order valence-electron chi connectivity index (χ4n) is 4.01. The molecule has 3 rings (SSSR count). The van der Waals surface area contributed by atoms with Gasteiger partial charge in [-0.05, 0) is 0 Å². The molecule has 2 aliphatic heterocycles. The number of ether oxygens (including phenoxy) is 2. The molecule has 1 atom stereocenters. The first-order chi connectivity index (χ1) is 11.8. The summed E-state index contributed by atoms with van der Waals surface area (Å²) < 4.78 is 14.5. The van der Waals surface area contributed by atoms with Gasteiger partial charge in [-0.15, -0.1) is 0 Å². The van der Waals surface area contributed by atoms with Crippen LogP contribution >= 0.6 is 42.4 Å². The number of benzene rings is 1. The van der Waals surface area contributed by atoms with Crippen LogP contribution in [0, 0.1) is 15.5 Å². The molecule has 5 nitrogen and oxygen atoms in total. The van der Waals surface area contributed by atoms with Crippen molar-refractivity contribution in [3.63, 3.8) is 0 Å². The molecule has 2 heterocycles. The Morgan fingerprint density at radius 2 is 2.16 bits per heavy atom. The van der Waals surface area contributed by atoms with E-state index >= 15 is 0 Å². The van der Waals surface area contributed by atoms with Crippen molar-refractivity contribution in [3.8, 4) is 11.5 Å². The normalized spacial score (nSPS) is 25.8. The van der Waals surface area contributed by atoms with Crippen LogP contribution in [0.2, 0.25) is 0 Å². The number of halogens is 2. The van der Waals surface area contributed by atoms with Crippen molar-refractivity contribution in [1.29, 1.82) is 0 Å². The van der Waals surface area contributed by atoms with Gasteiger partial charge in [-0.25, -0.2) is 0 Å². The van der Waals surface area contributed by atoms with Gasteiger partial charge in [0.25, 0.3) is 0 Å². The Hall–Kier alpha value is -0.580. The van der Waals surface area contributed by atoms with E-state index in [1.807, 2.05) is 0 Å². The standard InChI is InChI=1S/C18H23I2NO4/c1-12-8-13-9-14(21(22)23)10-15(24-4)16(13)25-18(12)17(2,3)6-5-7-20(18)11-19/h8-10H,5-7,11H2,1-4H3. The topological polar surface area (TPSA) is 61.6 Å². The van der Waals surface area contributed by atoms with Crippen LogP contribution in [-0.2, 0) is 0 Å². The van der Waals surface area contributed by atoms with Gasteiger partial charge in [0.15, 0.2) is 0 Å². The van der Waals surface area contributed by atoms with Crippen LogP contribution in [0.25, 0.3) is 6.08 Å². The molecule has 138 valence electrons. The van der Waals surface area contributed by atoms with Gasteiger partial charge in [-0.3, -0.25) is 0 Å². The molecule has 1 unspecified atom stereocenters. The number of rotatable bonds is 3. The Kier molecular flexibility index (Phi) is 5.27. The molecule has 1 saturated heterocycles. The van der Waals surface area contributed by atoms with E-state index in [0.717, 1.165) is 12.0 Å². The van der Waals surface area contributed by atoms with E-state index in [0.29, 0.717) is 11.5 Å². The molecule has 2 aliphatic rings. The summed E-state index contributed by atoms with van der Waals surface area (Å²) in [6.07, 6.45) is 4.50. The van der Waals surface area contributed by atoms with Crippen LogP contribution in [-0.4, -0.2) is 22.5 Å². The van der Waals surface area contributed by atoms with Gasteiger partial charge in [0.1, 0.15) is 0 Å². The third kappa shape index (κ3) is 2.94. The molecule has 1 fully saturated rings. The second-order valence-corrected chi connectivity index (χ2v) is 16.7. The fraction of sp³-hybridized carbons (Fsp3) is 0.556. The van der Waals surface area contributed by atoms with Gasteiger partial charge in [-0.1, -0.05) is 0 Å².